The zero-order valence-corrected chi connectivity index (χ0v) is 9.60. The fourth-order valence-corrected chi connectivity index (χ4v) is 1.88. The molecule has 1 aromatic heterocycles. The zero-order chi connectivity index (χ0) is 12.7. The number of ether oxygens (including phenoxy) is 2. The van der Waals surface area contributed by atoms with Gasteiger partial charge in [-0.1, -0.05) is 16.8 Å². The fourth-order valence-electron chi connectivity index (χ4n) is 1.67. The van der Waals surface area contributed by atoms with E-state index in [1.807, 2.05) is 0 Å². The molecule has 0 amide bonds. The molecule has 0 fully saturated rings. The van der Waals surface area contributed by atoms with Gasteiger partial charge in [-0.25, -0.2) is 4.79 Å². The number of benzene rings is 1. The second-order valence-electron chi connectivity index (χ2n) is 3.57. The average Bonchev–Trinajstić information content (AvgIpc) is 2.95. The van der Waals surface area contributed by atoms with Gasteiger partial charge in [-0.3, -0.25) is 0 Å². The van der Waals surface area contributed by atoms with Crippen molar-refractivity contribution < 1.29 is 23.9 Å². The van der Waals surface area contributed by atoms with Gasteiger partial charge in [0, 0.05) is 17.2 Å². The molecule has 92 valence electrons. The average molecular weight is 268 g/mol. The van der Waals surface area contributed by atoms with Crippen LogP contribution in [0.2, 0.25) is 5.02 Å². The Bertz CT molecular complexity index is 636. The van der Waals surface area contributed by atoms with Crippen molar-refractivity contribution in [2.45, 2.75) is 0 Å². The summed E-state index contributed by atoms with van der Waals surface area (Å²) in [6.07, 6.45) is 0. The van der Waals surface area contributed by atoms with E-state index in [-0.39, 0.29) is 12.6 Å². The molecule has 0 atom stereocenters. The van der Waals surface area contributed by atoms with Crippen molar-refractivity contribution in [1.29, 1.82) is 0 Å². The predicted octanol–water partition coefficient (Wildman–Crippen LogP) is 2.42. The summed E-state index contributed by atoms with van der Waals surface area (Å²) in [5, 5.41) is 12.9. The van der Waals surface area contributed by atoms with E-state index in [2.05, 4.69) is 5.16 Å². The van der Waals surface area contributed by atoms with Crippen molar-refractivity contribution >= 4 is 17.6 Å². The topological polar surface area (TPSA) is 81.8 Å². The summed E-state index contributed by atoms with van der Waals surface area (Å²) in [4.78, 5) is 10.7. The van der Waals surface area contributed by atoms with Crippen LogP contribution in [0.15, 0.2) is 22.7 Å². The number of carboxylic acids is 1. The van der Waals surface area contributed by atoms with Crippen molar-refractivity contribution in [1.82, 2.24) is 5.16 Å². The van der Waals surface area contributed by atoms with Crippen molar-refractivity contribution in [2.24, 2.45) is 0 Å². The van der Waals surface area contributed by atoms with Crippen molar-refractivity contribution in [3.63, 3.8) is 0 Å². The summed E-state index contributed by atoms with van der Waals surface area (Å²) < 4.78 is 15.2. The number of carbonyl (C=O) groups is 1. The molecule has 18 heavy (non-hydrogen) atoms. The molecule has 1 aliphatic rings. The van der Waals surface area contributed by atoms with Gasteiger partial charge in [0.1, 0.15) is 5.69 Å². The number of hydrogen-bond donors (Lipinski definition) is 1. The minimum absolute atomic E-state index is 0.0896. The third-order valence-electron chi connectivity index (χ3n) is 2.43. The lowest BCUT2D eigenvalue weighted by atomic mass is 10.1. The van der Waals surface area contributed by atoms with Crippen LogP contribution in [0, 0.1) is 0 Å². The van der Waals surface area contributed by atoms with Gasteiger partial charge >= 0.3 is 5.97 Å². The number of carboxylic acid groups (broad SMARTS) is 1. The second kappa shape index (κ2) is 3.92. The van der Waals surface area contributed by atoms with E-state index in [4.69, 9.17) is 30.7 Å². The molecule has 6 nitrogen and oxygen atoms in total. The summed E-state index contributed by atoms with van der Waals surface area (Å²) >= 11 is 5.94. The monoisotopic (exact) mass is 267 g/mol. The molecule has 0 saturated carbocycles. The minimum atomic E-state index is -1.19. The van der Waals surface area contributed by atoms with Gasteiger partial charge in [0.15, 0.2) is 11.5 Å². The van der Waals surface area contributed by atoms with Gasteiger partial charge in [-0.2, -0.15) is 0 Å². The summed E-state index contributed by atoms with van der Waals surface area (Å²) in [6, 6.07) is 4.53. The lowest BCUT2D eigenvalue weighted by Gasteiger charge is -2.02. The van der Waals surface area contributed by atoms with E-state index >= 15 is 0 Å². The third kappa shape index (κ3) is 1.67. The van der Waals surface area contributed by atoms with Crippen molar-refractivity contribution in [2.75, 3.05) is 6.79 Å². The third-order valence-corrected chi connectivity index (χ3v) is 2.65. The largest absolute Gasteiger partial charge is 0.475 e. The van der Waals surface area contributed by atoms with Gasteiger partial charge < -0.3 is 19.1 Å². The molecule has 0 bridgehead atoms. The van der Waals surface area contributed by atoms with Crippen LogP contribution in [-0.4, -0.2) is 23.0 Å². The van der Waals surface area contributed by atoms with Crippen LogP contribution in [0.5, 0.6) is 11.5 Å². The molecule has 0 aliphatic carbocycles. The molecule has 7 heteroatoms. The molecule has 3 rings (SSSR count). The molecular formula is C11H6ClNO5. The molecule has 0 unspecified atom stereocenters. The highest BCUT2D eigenvalue weighted by Gasteiger charge is 2.23. The number of aromatic nitrogens is 1. The van der Waals surface area contributed by atoms with Gasteiger partial charge in [0.2, 0.25) is 12.6 Å². The van der Waals surface area contributed by atoms with Crippen LogP contribution in [0.3, 0.4) is 0 Å². The highest BCUT2D eigenvalue weighted by molar-refractivity contribution is 6.31. The van der Waals surface area contributed by atoms with E-state index in [1.165, 1.54) is 6.07 Å². The number of aromatic carboxylic acids is 1. The Labute approximate surface area is 106 Å². The van der Waals surface area contributed by atoms with E-state index < -0.39 is 5.97 Å². The van der Waals surface area contributed by atoms with Crippen molar-refractivity contribution in [3.05, 3.63) is 29.0 Å². The van der Waals surface area contributed by atoms with Crippen LogP contribution >= 0.6 is 11.6 Å². The molecular weight excluding hydrogens is 262 g/mol. The highest BCUT2D eigenvalue weighted by Crippen LogP contribution is 2.43. The first-order valence-electron chi connectivity index (χ1n) is 4.94. The maximum absolute atomic E-state index is 10.7. The molecule has 0 radical (unpaired) electrons. The number of nitrogens with zero attached hydrogens (tertiary/aromatic N) is 1. The molecule has 1 aliphatic heterocycles. The number of halogens is 1. The maximum atomic E-state index is 10.7. The van der Waals surface area contributed by atoms with Crippen LogP contribution in [0.25, 0.3) is 11.3 Å². The quantitative estimate of drug-likeness (QED) is 0.900. The maximum Gasteiger partial charge on any atom is 0.374 e. The lowest BCUT2D eigenvalue weighted by molar-refractivity contribution is 0.0652. The van der Waals surface area contributed by atoms with E-state index in [0.717, 1.165) is 0 Å². The molecule has 0 spiro atoms. The zero-order valence-electron chi connectivity index (χ0n) is 8.84. The first-order valence-corrected chi connectivity index (χ1v) is 5.32. The molecule has 1 aromatic carbocycles. The van der Waals surface area contributed by atoms with E-state index in [1.54, 1.807) is 12.1 Å². The number of hydrogen-bond acceptors (Lipinski definition) is 5. The van der Waals surface area contributed by atoms with Crippen LogP contribution in [0.1, 0.15) is 10.6 Å². The minimum Gasteiger partial charge on any atom is -0.475 e. The first kappa shape index (κ1) is 10.9. The van der Waals surface area contributed by atoms with Gasteiger partial charge in [-0.15, -0.1) is 0 Å². The van der Waals surface area contributed by atoms with Gasteiger partial charge in [0.25, 0.3) is 0 Å². The Morgan fingerprint density at radius 2 is 2.17 bits per heavy atom. The standard InChI is InChI=1S/C11H6ClNO5/c12-5-1-6(10-8(2-5)16-4-17-10)7-3-9(11(14)15)18-13-7/h1-3H,4H2,(H,14,15). The lowest BCUT2D eigenvalue weighted by Crippen LogP contribution is -1.93. The van der Waals surface area contributed by atoms with Crippen LogP contribution in [0.4, 0.5) is 0 Å². The Kier molecular flexibility index (Phi) is 2.38. The smallest absolute Gasteiger partial charge is 0.374 e. The molecule has 0 saturated heterocycles. The predicted molar refractivity (Wildman–Crippen MR) is 60.0 cm³/mol. The van der Waals surface area contributed by atoms with E-state index in [0.29, 0.717) is 27.8 Å². The summed E-state index contributed by atoms with van der Waals surface area (Å²) in [5.74, 6) is -0.468. The molecule has 2 heterocycles. The first-order chi connectivity index (χ1) is 8.65. The number of rotatable bonds is 2. The Morgan fingerprint density at radius 1 is 1.33 bits per heavy atom. The summed E-state index contributed by atoms with van der Waals surface area (Å²) in [6.45, 7) is 0.0896. The Hall–Kier alpha value is -2.21. The van der Waals surface area contributed by atoms with Gasteiger partial charge in [-0.05, 0) is 6.07 Å². The SMILES string of the molecule is O=C(O)c1cc(-c2cc(Cl)cc3c2OCO3)no1. The Balaban J connectivity index is 2.13. The van der Waals surface area contributed by atoms with Gasteiger partial charge in [0.05, 0.1) is 5.56 Å². The molecule has 2 aromatic rings. The highest BCUT2D eigenvalue weighted by atomic mass is 35.5. The molecule has 1 N–H and O–H groups in total. The summed E-state index contributed by atoms with van der Waals surface area (Å²) in [7, 11) is 0. The normalized spacial score (nSPS) is 12.7. The van der Waals surface area contributed by atoms with Crippen LogP contribution in [-0.2, 0) is 0 Å². The van der Waals surface area contributed by atoms with E-state index in [9.17, 15) is 4.79 Å². The van der Waals surface area contributed by atoms with Crippen LogP contribution < -0.4 is 9.47 Å². The number of fused-ring (bicyclic) bond motifs is 1. The second-order valence-corrected chi connectivity index (χ2v) is 4.01. The summed E-state index contributed by atoms with van der Waals surface area (Å²) in [5.41, 5.74) is 0.864. The Morgan fingerprint density at radius 3 is 2.89 bits per heavy atom. The fraction of sp³-hybridized carbons (Fsp3) is 0.0909. The van der Waals surface area contributed by atoms with Crippen molar-refractivity contribution in [3.8, 4) is 22.8 Å².